The van der Waals surface area contributed by atoms with E-state index in [1.807, 2.05) is 0 Å². The summed E-state index contributed by atoms with van der Waals surface area (Å²) in [4.78, 5) is 33.1. The lowest BCUT2D eigenvalue weighted by molar-refractivity contribution is -0.385. The molecule has 0 aliphatic carbocycles. The largest absolute Gasteiger partial charge is 0.477 e. The lowest BCUT2D eigenvalue weighted by Gasteiger charge is -2.08. The van der Waals surface area contributed by atoms with E-state index in [1.54, 1.807) is 30.3 Å². The summed E-state index contributed by atoms with van der Waals surface area (Å²) in [6.07, 6.45) is 0. The number of carbonyl (C=O) groups is 2. The van der Waals surface area contributed by atoms with Crippen LogP contribution in [0.5, 0.6) is 5.75 Å². The van der Waals surface area contributed by atoms with Crippen LogP contribution in [-0.2, 0) is 9.59 Å². The SMILES string of the molecule is CC(=O)Nc1ccc(NC(=O)COc2ccccc2[N+](=O)[O-])cc1. The fourth-order valence-corrected chi connectivity index (χ4v) is 1.91. The highest BCUT2D eigenvalue weighted by Gasteiger charge is 2.14. The van der Waals surface area contributed by atoms with E-state index in [2.05, 4.69) is 10.6 Å². The maximum absolute atomic E-state index is 11.9. The van der Waals surface area contributed by atoms with Gasteiger partial charge in [-0.1, -0.05) is 12.1 Å². The Hall–Kier alpha value is -3.42. The van der Waals surface area contributed by atoms with Gasteiger partial charge in [0, 0.05) is 24.4 Å². The number of amides is 2. The Labute approximate surface area is 137 Å². The number of nitrogens with zero attached hydrogens (tertiary/aromatic N) is 1. The van der Waals surface area contributed by atoms with Gasteiger partial charge in [0.1, 0.15) is 0 Å². The van der Waals surface area contributed by atoms with E-state index in [0.717, 1.165) is 0 Å². The molecule has 8 heteroatoms. The van der Waals surface area contributed by atoms with Gasteiger partial charge in [-0.2, -0.15) is 0 Å². The first-order valence-electron chi connectivity index (χ1n) is 6.99. The minimum atomic E-state index is -0.575. The maximum Gasteiger partial charge on any atom is 0.310 e. The zero-order valence-corrected chi connectivity index (χ0v) is 12.8. The van der Waals surface area contributed by atoms with Crippen molar-refractivity contribution in [3.63, 3.8) is 0 Å². The smallest absolute Gasteiger partial charge is 0.310 e. The molecule has 8 nitrogen and oxygen atoms in total. The molecule has 2 aromatic carbocycles. The van der Waals surface area contributed by atoms with E-state index in [0.29, 0.717) is 11.4 Å². The topological polar surface area (TPSA) is 111 Å². The number of benzene rings is 2. The molecule has 0 aromatic heterocycles. The van der Waals surface area contributed by atoms with Gasteiger partial charge < -0.3 is 15.4 Å². The summed E-state index contributed by atoms with van der Waals surface area (Å²) in [7, 11) is 0. The van der Waals surface area contributed by atoms with Crippen LogP contribution in [0.1, 0.15) is 6.92 Å². The molecule has 0 bridgehead atoms. The molecule has 2 aromatic rings. The number of hydrogen-bond donors (Lipinski definition) is 2. The average Bonchev–Trinajstić information content (AvgIpc) is 2.54. The molecule has 0 radical (unpaired) electrons. The van der Waals surface area contributed by atoms with Crippen LogP contribution in [0.4, 0.5) is 17.1 Å². The molecule has 2 amide bonds. The van der Waals surface area contributed by atoms with Gasteiger partial charge in [-0.05, 0) is 30.3 Å². The predicted octanol–water partition coefficient (Wildman–Crippen LogP) is 2.57. The van der Waals surface area contributed by atoms with Crippen LogP contribution in [0.2, 0.25) is 0 Å². The summed E-state index contributed by atoms with van der Waals surface area (Å²) in [5.74, 6) is -0.622. The number of nitrogens with one attached hydrogen (secondary N) is 2. The lowest BCUT2D eigenvalue weighted by Crippen LogP contribution is -2.20. The third-order valence-electron chi connectivity index (χ3n) is 2.91. The van der Waals surface area contributed by atoms with Gasteiger partial charge in [0.25, 0.3) is 5.91 Å². The third kappa shape index (κ3) is 4.80. The van der Waals surface area contributed by atoms with Gasteiger partial charge in [0.2, 0.25) is 5.91 Å². The molecule has 2 rings (SSSR count). The fourth-order valence-electron chi connectivity index (χ4n) is 1.91. The van der Waals surface area contributed by atoms with Gasteiger partial charge >= 0.3 is 5.69 Å². The summed E-state index contributed by atoms with van der Waals surface area (Å²) in [5.41, 5.74) is 0.918. The number of hydrogen-bond acceptors (Lipinski definition) is 5. The molecular formula is C16H15N3O5. The van der Waals surface area contributed by atoms with Crippen molar-refractivity contribution in [2.45, 2.75) is 6.92 Å². The second kappa shape index (κ2) is 7.73. The normalized spacial score (nSPS) is 9.88. The highest BCUT2D eigenvalue weighted by molar-refractivity contribution is 5.93. The van der Waals surface area contributed by atoms with Crippen LogP contribution in [0.25, 0.3) is 0 Å². The summed E-state index contributed by atoms with van der Waals surface area (Å²) >= 11 is 0. The number of nitro benzene ring substituents is 1. The van der Waals surface area contributed by atoms with Crippen LogP contribution >= 0.6 is 0 Å². The molecule has 0 aliphatic rings. The number of rotatable bonds is 6. The molecule has 0 saturated carbocycles. The quantitative estimate of drug-likeness (QED) is 0.625. The van der Waals surface area contributed by atoms with Crippen LogP contribution < -0.4 is 15.4 Å². The molecule has 24 heavy (non-hydrogen) atoms. The Bertz CT molecular complexity index is 759. The highest BCUT2D eigenvalue weighted by Crippen LogP contribution is 2.25. The van der Waals surface area contributed by atoms with Crippen LogP contribution in [0.15, 0.2) is 48.5 Å². The molecule has 0 spiro atoms. The Balaban J connectivity index is 1.92. The Morgan fingerprint density at radius 2 is 1.62 bits per heavy atom. The van der Waals surface area contributed by atoms with Crippen LogP contribution in [0, 0.1) is 10.1 Å². The van der Waals surface area contributed by atoms with Crippen LogP contribution in [-0.4, -0.2) is 23.3 Å². The second-order valence-electron chi connectivity index (χ2n) is 4.82. The van der Waals surface area contributed by atoms with Crippen molar-refractivity contribution in [3.05, 3.63) is 58.6 Å². The molecule has 0 heterocycles. The first-order valence-corrected chi connectivity index (χ1v) is 6.99. The number of para-hydroxylation sites is 2. The molecule has 2 N–H and O–H groups in total. The summed E-state index contributed by atoms with van der Waals surface area (Å²) in [6.45, 7) is 1.04. The van der Waals surface area contributed by atoms with Crippen molar-refractivity contribution in [1.82, 2.24) is 0 Å². The molecule has 0 fully saturated rings. The molecule has 124 valence electrons. The van der Waals surface area contributed by atoms with Crippen molar-refractivity contribution in [3.8, 4) is 5.75 Å². The van der Waals surface area contributed by atoms with E-state index in [9.17, 15) is 19.7 Å². The Morgan fingerprint density at radius 1 is 1.04 bits per heavy atom. The molecule has 0 saturated heterocycles. The number of nitro groups is 1. The van der Waals surface area contributed by atoms with E-state index >= 15 is 0 Å². The number of anilines is 2. The Morgan fingerprint density at radius 3 is 2.21 bits per heavy atom. The minimum absolute atomic E-state index is 0.0265. The summed E-state index contributed by atoms with van der Waals surface area (Å²) < 4.78 is 5.20. The third-order valence-corrected chi connectivity index (χ3v) is 2.91. The number of carbonyl (C=O) groups excluding carboxylic acids is 2. The van der Waals surface area contributed by atoms with Crippen molar-refractivity contribution in [1.29, 1.82) is 0 Å². The van der Waals surface area contributed by atoms with Crippen molar-refractivity contribution in [2.75, 3.05) is 17.2 Å². The first kappa shape index (κ1) is 16.9. The van der Waals surface area contributed by atoms with Crippen molar-refractivity contribution < 1.29 is 19.2 Å². The highest BCUT2D eigenvalue weighted by atomic mass is 16.6. The van der Waals surface area contributed by atoms with Gasteiger partial charge in [-0.3, -0.25) is 19.7 Å². The van der Waals surface area contributed by atoms with Gasteiger partial charge in [-0.25, -0.2) is 0 Å². The van der Waals surface area contributed by atoms with Crippen molar-refractivity contribution in [2.24, 2.45) is 0 Å². The standard InChI is InChI=1S/C16H15N3O5/c1-11(20)17-12-6-8-13(9-7-12)18-16(21)10-24-15-5-3-2-4-14(15)19(22)23/h2-9H,10H2,1H3,(H,17,20)(H,18,21). The zero-order chi connectivity index (χ0) is 17.5. The van der Waals surface area contributed by atoms with Crippen LogP contribution in [0.3, 0.4) is 0 Å². The van der Waals surface area contributed by atoms with E-state index < -0.39 is 10.8 Å². The van der Waals surface area contributed by atoms with Crippen molar-refractivity contribution >= 4 is 28.9 Å². The molecular weight excluding hydrogens is 314 g/mol. The second-order valence-corrected chi connectivity index (χ2v) is 4.82. The average molecular weight is 329 g/mol. The molecule has 0 atom stereocenters. The summed E-state index contributed by atoms with van der Waals surface area (Å²) in [5, 5.41) is 16.1. The van der Waals surface area contributed by atoms with Gasteiger partial charge in [0.15, 0.2) is 12.4 Å². The monoisotopic (exact) mass is 329 g/mol. The first-order chi connectivity index (χ1) is 11.5. The zero-order valence-electron chi connectivity index (χ0n) is 12.8. The minimum Gasteiger partial charge on any atom is -0.477 e. The van der Waals surface area contributed by atoms with E-state index in [1.165, 1.54) is 25.1 Å². The predicted molar refractivity (Wildman–Crippen MR) is 88.0 cm³/mol. The maximum atomic E-state index is 11.9. The van der Waals surface area contributed by atoms with E-state index in [-0.39, 0.29) is 24.0 Å². The molecule has 0 unspecified atom stereocenters. The number of ether oxygens (including phenoxy) is 1. The lowest BCUT2D eigenvalue weighted by atomic mass is 10.2. The Kier molecular flexibility index (Phi) is 5.45. The van der Waals surface area contributed by atoms with Gasteiger partial charge in [0.05, 0.1) is 4.92 Å². The van der Waals surface area contributed by atoms with Gasteiger partial charge in [-0.15, -0.1) is 0 Å². The summed E-state index contributed by atoms with van der Waals surface area (Å²) in [6, 6.07) is 12.3. The molecule has 0 aliphatic heterocycles. The fraction of sp³-hybridized carbons (Fsp3) is 0.125. The van der Waals surface area contributed by atoms with E-state index in [4.69, 9.17) is 4.74 Å².